The normalized spacial score (nSPS) is 16.6. The Kier molecular flexibility index (Phi) is 2.21. The van der Waals surface area contributed by atoms with Crippen molar-refractivity contribution in [1.29, 1.82) is 0 Å². The molecule has 0 atom stereocenters. The highest BCUT2D eigenvalue weighted by molar-refractivity contribution is 8.14. The van der Waals surface area contributed by atoms with Gasteiger partial charge in [0.1, 0.15) is 16.2 Å². The Morgan fingerprint density at radius 2 is 2.18 bits per heavy atom. The molecule has 0 radical (unpaired) electrons. The number of aryl methyl sites for hydroxylation is 1. The molecular formula is C10H10ClN3O2S. The predicted octanol–water partition coefficient (Wildman–Crippen LogP) is 1.77. The number of hydrogen-bond acceptors (Lipinski definition) is 4. The van der Waals surface area contributed by atoms with Crippen LogP contribution in [-0.4, -0.2) is 23.0 Å². The van der Waals surface area contributed by atoms with Gasteiger partial charge in [-0.1, -0.05) is 0 Å². The maximum absolute atomic E-state index is 11.4. The molecule has 0 N–H and O–H groups in total. The second kappa shape index (κ2) is 3.43. The second-order valence-electron chi connectivity index (χ2n) is 4.22. The number of halogens is 1. The first-order valence-electron chi connectivity index (χ1n) is 5.24. The fraction of sp³-hybridized carbons (Fsp3) is 0.400. The van der Waals surface area contributed by atoms with E-state index in [9.17, 15) is 8.42 Å². The molecule has 1 saturated carbocycles. The fourth-order valence-electron chi connectivity index (χ4n) is 1.98. The zero-order chi connectivity index (χ0) is 12.2. The molecule has 3 rings (SSSR count). The zero-order valence-corrected chi connectivity index (χ0v) is 10.7. The highest BCUT2D eigenvalue weighted by Crippen LogP contribution is 2.40. The molecule has 0 aliphatic heterocycles. The van der Waals surface area contributed by atoms with Crippen LogP contribution in [0.15, 0.2) is 17.2 Å². The van der Waals surface area contributed by atoms with Gasteiger partial charge in [-0.15, -0.1) is 0 Å². The molecule has 2 aromatic rings. The van der Waals surface area contributed by atoms with Gasteiger partial charge in [0.2, 0.25) is 0 Å². The van der Waals surface area contributed by atoms with Crippen LogP contribution in [0.2, 0.25) is 0 Å². The van der Waals surface area contributed by atoms with Crippen LogP contribution in [0.4, 0.5) is 0 Å². The number of nitrogens with zero attached hydrogens (tertiary/aromatic N) is 3. The van der Waals surface area contributed by atoms with Gasteiger partial charge in [-0.05, 0) is 18.9 Å². The van der Waals surface area contributed by atoms with Crippen LogP contribution in [0, 0.1) is 0 Å². The maximum Gasteiger partial charge on any atom is 0.263 e. The van der Waals surface area contributed by atoms with Gasteiger partial charge in [-0.2, -0.15) is 0 Å². The van der Waals surface area contributed by atoms with Crippen LogP contribution in [0.1, 0.15) is 24.6 Å². The van der Waals surface area contributed by atoms with Gasteiger partial charge >= 0.3 is 0 Å². The van der Waals surface area contributed by atoms with Gasteiger partial charge in [-0.25, -0.2) is 18.4 Å². The minimum absolute atomic E-state index is 0.0340. The number of imidazole rings is 1. The molecule has 2 aromatic heterocycles. The summed E-state index contributed by atoms with van der Waals surface area (Å²) in [6, 6.07) is 1.38. The molecule has 0 aromatic carbocycles. The Bertz CT molecular complexity index is 704. The van der Waals surface area contributed by atoms with E-state index in [1.165, 1.54) is 12.3 Å². The Balaban J connectivity index is 2.36. The quantitative estimate of drug-likeness (QED) is 0.781. The van der Waals surface area contributed by atoms with E-state index in [1.54, 1.807) is 0 Å². The van der Waals surface area contributed by atoms with Crippen LogP contribution in [0.3, 0.4) is 0 Å². The topological polar surface area (TPSA) is 64.8 Å². The third-order valence-electron chi connectivity index (χ3n) is 2.96. The van der Waals surface area contributed by atoms with E-state index >= 15 is 0 Å². The number of rotatable bonds is 2. The lowest BCUT2D eigenvalue weighted by Gasteiger charge is -1.98. The first kappa shape index (κ1) is 11.0. The lowest BCUT2D eigenvalue weighted by atomic mass is 10.4. The highest BCUT2D eigenvalue weighted by Gasteiger charge is 2.30. The summed E-state index contributed by atoms with van der Waals surface area (Å²) in [5.74, 6) is 1.32. The number of pyridine rings is 1. The summed E-state index contributed by atoms with van der Waals surface area (Å²) >= 11 is 0. The van der Waals surface area contributed by atoms with E-state index in [-0.39, 0.29) is 4.90 Å². The summed E-state index contributed by atoms with van der Waals surface area (Å²) in [5.41, 5.74) is 0.931. The van der Waals surface area contributed by atoms with Crippen molar-refractivity contribution in [3.63, 3.8) is 0 Å². The van der Waals surface area contributed by atoms with Crippen molar-refractivity contribution < 1.29 is 8.42 Å². The molecule has 0 bridgehead atoms. The van der Waals surface area contributed by atoms with Crippen molar-refractivity contribution in [2.75, 3.05) is 0 Å². The predicted molar refractivity (Wildman–Crippen MR) is 63.5 cm³/mol. The van der Waals surface area contributed by atoms with Gasteiger partial charge in [0, 0.05) is 29.8 Å². The molecule has 0 spiro atoms. The summed E-state index contributed by atoms with van der Waals surface area (Å²) in [6.07, 6.45) is 3.64. The third kappa shape index (κ3) is 1.71. The molecular weight excluding hydrogens is 262 g/mol. The van der Waals surface area contributed by atoms with Gasteiger partial charge in [-0.3, -0.25) is 0 Å². The van der Waals surface area contributed by atoms with Gasteiger partial charge in [0.15, 0.2) is 5.65 Å². The largest absolute Gasteiger partial charge is 0.316 e. The van der Waals surface area contributed by atoms with E-state index < -0.39 is 9.05 Å². The van der Waals surface area contributed by atoms with Crippen LogP contribution in [0.25, 0.3) is 11.2 Å². The molecule has 1 aliphatic carbocycles. The average Bonchev–Trinajstić information content (AvgIpc) is 3.03. The maximum atomic E-state index is 11.4. The van der Waals surface area contributed by atoms with Gasteiger partial charge < -0.3 is 4.57 Å². The summed E-state index contributed by atoms with van der Waals surface area (Å²) < 4.78 is 24.7. The molecule has 1 fully saturated rings. The van der Waals surface area contributed by atoms with Gasteiger partial charge in [0.25, 0.3) is 9.05 Å². The van der Waals surface area contributed by atoms with Crippen LogP contribution in [-0.2, 0) is 16.1 Å². The van der Waals surface area contributed by atoms with Crippen molar-refractivity contribution in [3.05, 3.63) is 18.1 Å². The SMILES string of the molecule is Cn1c(C2CC2)nc2c(S(=O)(=O)Cl)ccnc21. The summed E-state index contributed by atoms with van der Waals surface area (Å²) in [4.78, 5) is 8.57. The van der Waals surface area contributed by atoms with Crippen molar-refractivity contribution >= 4 is 30.9 Å². The van der Waals surface area contributed by atoms with Crippen molar-refractivity contribution in [2.45, 2.75) is 23.7 Å². The standard InChI is InChI=1S/C10H10ClN3O2S/c1-14-9(6-2-3-6)13-8-7(17(11,15)16)4-5-12-10(8)14/h4-6H,2-3H2,1H3. The van der Waals surface area contributed by atoms with E-state index in [1.807, 2.05) is 11.6 Å². The minimum atomic E-state index is -3.78. The second-order valence-corrected chi connectivity index (χ2v) is 6.76. The van der Waals surface area contributed by atoms with E-state index in [2.05, 4.69) is 9.97 Å². The molecule has 7 heteroatoms. The third-order valence-corrected chi connectivity index (χ3v) is 4.31. The highest BCUT2D eigenvalue weighted by atomic mass is 35.7. The minimum Gasteiger partial charge on any atom is -0.316 e. The zero-order valence-electron chi connectivity index (χ0n) is 9.09. The lowest BCUT2D eigenvalue weighted by molar-refractivity contribution is 0.610. The number of hydrogen-bond donors (Lipinski definition) is 0. The van der Waals surface area contributed by atoms with Crippen molar-refractivity contribution in [3.8, 4) is 0 Å². The molecule has 0 amide bonds. The van der Waals surface area contributed by atoms with Crippen molar-refractivity contribution in [1.82, 2.24) is 14.5 Å². The Morgan fingerprint density at radius 1 is 1.47 bits per heavy atom. The summed E-state index contributed by atoms with van der Waals surface area (Å²) in [5, 5.41) is 0. The molecule has 0 unspecified atom stereocenters. The molecule has 0 saturated heterocycles. The Hall–Kier alpha value is -1.14. The Labute approximate surface area is 103 Å². The van der Waals surface area contributed by atoms with E-state index in [4.69, 9.17) is 10.7 Å². The molecule has 5 nitrogen and oxygen atoms in total. The number of fused-ring (bicyclic) bond motifs is 1. The summed E-state index contributed by atoms with van der Waals surface area (Å²) in [6.45, 7) is 0. The van der Waals surface area contributed by atoms with Crippen LogP contribution in [0.5, 0.6) is 0 Å². The van der Waals surface area contributed by atoms with Crippen LogP contribution >= 0.6 is 10.7 Å². The molecule has 17 heavy (non-hydrogen) atoms. The number of aromatic nitrogens is 3. The van der Waals surface area contributed by atoms with Crippen LogP contribution < -0.4 is 0 Å². The Morgan fingerprint density at radius 3 is 2.76 bits per heavy atom. The monoisotopic (exact) mass is 271 g/mol. The van der Waals surface area contributed by atoms with Crippen molar-refractivity contribution in [2.24, 2.45) is 7.05 Å². The average molecular weight is 272 g/mol. The molecule has 90 valence electrons. The fourth-order valence-corrected chi connectivity index (χ4v) is 2.94. The first-order valence-corrected chi connectivity index (χ1v) is 7.55. The van der Waals surface area contributed by atoms with E-state index in [0.717, 1.165) is 18.7 Å². The van der Waals surface area contributed by atoms with E-state index in [0.29, 0.717) is 17.1 Å². The molecule has 2 heterocycles. The lowest BCUT2D eigenvalue weighted by Crippen LogP contribution is -1.96. The smallest absolute Gasteiger partial charge is 0.263 e. The first-order chi connectivity index (χ1) is 7.98. The summed E-state index contributed by atoms with van der Waals surface area (Å²) in [7, 11) is 3.46. The van der Waals surface area contributed by atoms with Gasteiger partial charge in [0.05, 0.1) is 0 Å². The molecule has 1 aliphatic rings.